The molecule has 1 aliphatic rings. The molecule has 0 fully saturated rings. The average Bonchev–Trinajstić information content (AvgIpc) is 2.40. The number of rotatable bonds is 1. The van der Waals surface area contributed by atoms with E-state index in [1.54, 1.807) is 0 Å². The predicted octanol–water partition coefficient (Wildman–Crippen LogP) is 2.64. The molecule has 1 aromatic rings. The third-order valence-corrected chi connectivity index (χ3v) is 3.27. The summed E-state index contributed by atoms with van der Waals surface area (Å²) in [6.07, 6.45) is 3.07. The summed E-state index contributed by atoms with van der Waals surface area (Å²) in [5.41, 5.74) is 2.64. The monoisotopic (exact) mass is 205 g/mol. The van der Waals surface area contributed by atoms with Crippen molar-refractivity contribution in [3.05, 3.63) is 17.8 Å². The maximum atomic E-state index is 4.41. The van der Waals surface area contributed by atoms with Crippen LogP contribution in [-0.2, 0) is 0 Å². The minimum Gasteiger partial charge on any atom is -0.381 e. The van der Waals surface area contributed by atoms with E-state index in [0.29, 0.717) is 5.41 Å². The molecule has 0 bridgehead atoms. The van der Waals surface area contributed by atoms with Gasteiger partial charge in [-0.25, -0.2) is 4.98 Å². The lowest BCUT2D eigenvalue weighted by molar-refractivity contribution is 0.360. The lowest BCUT2D eigenvalue weighted by Gasteiger charge is -2.25. The zero-order valence-corrected chi connectivity index (χ0v) is 9.72. The van der Waals surface area contributed by atoms with Gasteiger partial charge in [-0.3, -0.25) is 0 Å². The fourth-order valence-electron chi connectivity index (χ4n) is 1.76. The molecule has 1 atom stereocenters. The van der Waals surface area contributed by atoms with Gasteiger partial charge in [0.05, 0.1) is 5.69 Å². The van der Waals surface area contributed by atoms with Crippen LogP contribution in [0, 0.1) is 12.3 Å². The predicted molar refractivity (Wildman–Crippen MR) is 64.4 cm³/mol. The van der Waals surface area contributed by atoms with Crippen LogP contribution in [0.1, 0.15) is 25.8 Å². The van der Waals surface area contributed by atoms with E-state index in [0.717, 1.165) is 24.6 Å². The molecule has 3 heteroatoms. The molecule has 1 aromatic heterocycles. The molecule has 2 heterocycles. The summed E-state index contributed by atoms with van der Waals surface area (Å²) in [5.74, 6) is 0.984. The highest BCUT2D eigenvalue weighted by Crippen LogP contribution is 2.29. The van der Waals surface area contributed by atoms with E-state index >= 15 is 0 Å². The van der Waals surface area contributed by atoms with Crippen molar-refractivity contribution >= 4 is 11.5 Å². The maximum Gasteiger partial charge on any atom is 0.149 e. The van der Waals surface area contributed by atoms with E-state index in [9.17, 15) is 0 Å². The van der Waals surface area contributed by atoms with Crippen molar-refractivity contribution < 1.29 is 0 Å². The van der Waals surface area contributed by atoms with Gasteiger partial charge < -0.3 is 10.6 Å². The Morgan fingerprint density at radius 1 is 1.40 bits per heavy atom. The van der Waals surface area contributed by atoms with Gasteiger partial charge in [-0.1, -0.05) is 13.8 Å². The molecule has 15 heavy (non-hydrogen) atoms. The molecule has 0 saturated heterocycles. The molecule has 3 nitrogen and oxygen atoms in total. The summed E-state index contributed by atoms with van der Waals surface area (Å²) < 4.78 is 0. The zero-order valence-electron chi connectivity index (χ0n) is 9.72. The van der Waals surface area contributed by atoms with Gasteiger partial charge in [-0.15, -0.1) is 0 Å². The van der Waals surface area contributed by atoms with Crippen LogP contribution in [0.4, 0.5) is 11.5 Å². The first-order valence-electron chi connectivity index (χ1n) is 5.57. The van der Waals surface area contributed by atoms with Gasteiger partial charge >= 0.3 is 0 Å². The van der Waals surface area contributed by atoms with Gasteiger partial charge in [0, 0.05) is 24.7 Å². The van der Waals surface area contributed by atoms with Gasteiger partial charge in [0.2, 0.25) is 0 Å². The molecule has 0 aliphatic carbocycles. The Morgan fingerprint density at radius 3 is 2.87 bits per heavy atom. The van der Waals surface area contributed by atoms with Crippen molar-refractivity contribution in [3.63, 3.8) is 0 Å². The smallest absolute Gasteiger partial charge is 0.149 e. The lowest BCUT2D eigenvalue weighted by atomic mass is 9.88. The van der Waals surface area contributed by atoms with Crippen LogP contribution < -0.4 is 10.6 Å². The second-order valence-electron chi connectivity index (χ2n) is 4.78. The first kappa shape index (κ1) is 10.3. The summed E-state index contributed by atoms with van der Waals surface area (Å²) in [5, 5.41) is 6.90. The highest BCUT2D eigenvalue weighted by Gasteiger charge is 2.25. The minimum absolute atomic E-state index is 0.314. The van der Waals surface area contributed by atoms with E-state index in [2.05, 4.69) is 42.5 Å². The van der Waals surface area contributed by atoms with Crippen LogP contribution in [-0.4, -0.2) is 18.1 Å². The quantitative estimate of drug-likeness (QED) is 0.740. The largest absolute Gasteiger partial charge is 0.381 e. The third-order valence-electron chi connectivity index (χ3n) is 3.27. The number of hydrogen-bond donors (Lipinski definition) is 2. The summed E-state index contributed by atoms with van der Waals surface area (Å²) in [6.45, 7) is 8.59. The van der Waals surface area contributed by atoms with Crippen LogP contribution >= 0.6 is 0 Å². The van der Waals surface area contributed by atoms with Crippen LogP contribution in [0.15, 0.2) is 12.3 Å². The molecule has 2 N–H and O–H groups in total. The number of pyridine rings is 1. The first-order chi connectivity index (χ1) is 7.13. The minimum atomic E-state index is 0.314. The summed E-state index contributed by atoms with van der Waals surface area (Å²) >= 11 is 0. The molecule has 1 aliphatic heterocycles. The SMILES string of the molecule is CCC1(C)CNc2cc(C)cnc2NC1. The molecule has 2 rings (SSSR count). The Hall–Kier alpha value is -1.25. The Balaban J connectivity index is 2.25. The van der Waals surface area contributed by atoms with E-state index in [4.69, 9.17) is 0 Å². The zero-order chi connectivity index (χ0) is 10.9. The van der Waals surface area contributed by atoms with Gasteiger partial charge in [-0.2, -0.15) is 0 Å². The second-order valence-corrected chi connectivity index (χ2v) is 4.78. The van der Waals surface area contributed by atoms with Crippen molar-refractivity contribution in [1.29, 1.82) is 0 Å². The van der Waals surface area contributed by atoms with E-state index < -0.39 is 0 Å². The van der Waals surface area contributed by atoms with Crippen LogP contribution in [0.5, 0.6) is 0 Å². The molecular formula is C12H19N3. The van der Waals surface area contributed by atoms with Crippen molar-refractivity contribution in [2.75, 3.05) is 23.7 Å². The second kappa shape index (κ2) is 3.72. The number of nitrogens with zero attached hydrogens (tertiary/aromatic N) is 1. The highest BCUT2D eigenvalue weighted by molar-refractivity contribution is 5.66. The van der Waals surface area contributed by atoms with E-state index in [-0.39, 0.29) is 0 Å². The standard InChI is InChI=1S/C12H19N3/c1-4-12(3)7-14-10-5-9(2)6-13-11(10)15-8-12/h5-6,14H,4,7-8H2,1-3H3,(H,13,15). The molecule has 1 unspecified atom stereocenters. The van der Waals surface area contributed by atoms with E-state index in [1.807, 2.05) is 6.20 Å². The lowest BCUT2D eigenvalue weighted by Crippen LogP contribution is -2.30. The van der Waals surface area contributed by atoms with Crippen molar-refractivity contribution in [2.24, 2.45) is 5.41 Å². The number of hydrogen-bond acceptors (Lipinski definition) is 3. The average molecular weight is 205 g/mol. The molecule has 0 aromatic carbocycles. The van der Waals surface area contributed by atoms with Crippen molar-refractivity contribution in [3.8, 4) is 0 Å². The molecule has 0 amide bonds. The highest BCUT2D eigenvalue weighted by atomic mass is 15.1. The number of anilines is 2. The van der Waals surface area contributed by atoms with Gasteiger partial charge in [0.1, 0.15) is 5.82 Å². The maximum absolute atomic E-state index is 4.41. The normalized spacial score (nSPS) is 24.7. The van der Waals surface area contributed by atoms with Crippen molar-refractivity contribution in [2.45, 2.75) is 27.2 Å². The Labute approximate surface area is 91.3 Å². The van der Waals surface area contributed by atoms with Gasteiger partial charge in [0.25, 0.3) is 0 Å². The Morgan fingerprint density at radius 2 is 2.13 bits per heavy atom. The summed E-state index contributed by atoms with van der Waals surface area (Å²) in [6, 6.07) is 2.15. The van der Waals surface area contributed by atoms with Gasteiger partial charge in [0.15, 0.2) is 0 Å². The summed E-state index contributed by atoms with van der Waals surface area (Å²) in [7, 11) is 0. The fraction of sp³-hybridized carbons (Fsp3) is 0.583. The van der Waals surface area contributed by atoms with E-state index in [1.165, 1.54) is 12.0 Å². The molecule has 0 radical (unpaired) electrons. The third kappa shape index (κ3) is 2.06. The number of aromatic nitrogens is 1. The Bertz CT molecular complexity index is 362. The Kier molecular flexibility index (Phi) is 2.55. The van der Waals surface area contributed by atoms with Crippen LogP contribution in [0.25, 0.3) is 0 Å². The topological polar surface area (TPSA) is 37.0 Å². The molecule has 82 valence electrons. The fourth-order valence-corrected chi connectivity index (χ4v) is 1.76. The first-order valence-corrected chi connectivity index (χ1v) is 5.57. The molecule has 0 spiro atoms. The van der Waals surface area contributed by atoms with Crippen molar-refractivity contribution in [1.82, 2.24) is 4.98 Å². The number of aryl methyl sites for hydroxylation is 1. The van der Waals surface area contributed by atoms with Crippen LogP contribution in [0.2, 0.25) is 0 Å². The summed E-state index contributed by atoms with van der Waals surface area (Å²) in [4.78, 5) is 4.41. The van der Waals surface area contributed by atoms with Gasteiger partial charge in [-0.05, 0) is 25.0 Å². The number of nitrogens with one attached hydrogen (secondary N) is 2. The molecule has 0 saturated carbocycles. The van der Waals surface area contributed by atoms with Crippen LogP contribution in [0.3, 0.4) is 0 Å². The number of fused-ring (bicyclic) bond motifs is 1. The molecular weight excluding hydrogens is 186 g/mol.